The van der Waals surface area contributed by atoms with Crippen molar-refractivity contribution in [2.45, 2.75) is 75.8 Å². The van der Waals surface area contributed by atoms with Crippen molar-refractivity contribution < 1.29 is 9.90 Å². The first-order valence-corrected chi connectivity index (χ1v) is 10.8. The normalized spacial score (nSPS) is 38.6. The van der Waals surface area contributed by atoms with Gasteiger partial charge in [0, 0.05) is 16.2 Å². The van der Waals surface area contributed by atoms with E-state index in [1.54, 1.807) is 0 Å². The molecule has 1 aromatic rings. The second kappa shape index (κ2) is 6.49. The van der Waals surface area contributed by atoms with Crippen LogP contribution in [0.5, 0.6) is 0 Å². The zero-order chi connectivity index (χ0) is 19.4. The topological polar surface area (TPSA) is 49.3 Å². The third-order valence-electron chi connectivity index (χ3n) is 7.61. The van der Waals surface area contributed by atoms with Crippen LogP contribution in [0.1, 0.15) is 70.9 Å². The molecule has 6 atom stereocenters. The molecule has 0 aromatic heterocycles. The molecule has 5 rings (SSSR count). The van der Waals surface area contributed by atoms with Crippen molar-refractivity contribution in [1.82, 2.24) is 5.32 Å². The van der Waals surface area contributed by atoms with Crippen LogP contribution in [0.25, 0.3) is 0 Å². The Morgan fingerprint density at radius 2 is 2.00 bits per heavy atom. The van der Waals surface area contributed by atoms with E-state index >= 15 is 0 Å². The smallest absolute Gasteiger partial charge is 0.226 e. The third-order valence-corrected chi connectivity index (χ3v) is 8.06. The van der Waals surface area contributed by atoms with Crippen LogP contribution in [-0.4, -0.2) is 21.5 Å². The van der Waals surface area contributed by atoms with Crippen molar-refractivity contribution in [2.75, 3.05) is 0 Å². The van der Waals surface area contributed by atoms with Crippen LogP contribution in [0.4, 0.5) is 0 Å². The minimum absolute atomic E-state index is 0.0277. The molecule has 1 aromatic carbocycles. The number of hydrogen-bond donors (Lipinski definition) is 2. The second-order valence-electron chi connectivity index (χ2n) is 10.0. The van der Waals surface area contributed by atoms with Crippen molar-refractivity contribution >= 4 is 17.5 Å². The Morgan fingerprint density at radius 1 is 1.30 bits per heavy atom. The van der Waals surface area contributed by atoms with Gasteiger partial charge in [0.2, 0.25) is 5.91 Å². The maximum absolute atomic E-state index is 13.1. The van der Waals surface area contributed by atoms with Crippen LogP contribution in [0.3, 0.4) is 0 Å². The molecule has 1 unspecified atom stereocenters. The van der Waals surface area contributed by atoms with Crippen LogP contribution >= 0.6 is 11.6 Å². The number of nitrogens with one attached hydrogen (secondary N) is 1. The van der Waals surface area contributed by atoms with Gasteiger partial charge in [0.05, 0.1) is 11.6 Å². The average molecular weight is 390 g/mol. The highest BCUT2D eigenvalue weighted by atomic mass is 35.5. The fourth-order valence-electron chi connectivity index (χ4n) is 6.17. The van der Waals surface area contributed by atoms with E-state index in [1.165, 1.54) is 0 Å². The Morgan fingerprint density at radius 3 is 2.59 bits per heavy atom. The quantitative estimate of drug-likeness (QED) is 0.708. The maximum Gasteiger partial charge on any atom is 0.226 e. The Kier molecular flexibility index (Phi) is 4.63. The summed E-state index contributed by atoms with van der Waals surface area (Å²) in [5, 5.41) is 15.0. The number of aliphatic hydroxyl groups is 1. The lowest BCUT2D eigenvalue weighted by Crippen LogP contribution is -2.65. The van der Waals surface area contributed by atoms with Gasteiger partial charge in [-0.1, -0.05) is 51.1 Å². The van der Waals surface area contributed by atoms with E-state index < -0.39 is 11.0 Å². The molecular formula is C23H32ClNO2. The lowest BCUT2D eigenvalue weighted by molar-refractivity contribution is -0.175. The standard InChI is InChI=1S/C23H32ClNO2/c1-4-21(2,3)20(26)25-19(16-8-6-5-7-9-16)18-17-10-15-11-22(24,13-17)14-23(18,27)12-15/h5-9,15,17-19,27H,4,10-14H2,1-3H3,(H,25,26)/t15-,17+,18-,19?,22+,23+/m1/s1. The minimum Gasteiger partial charge on any atom is -0.389 e. The fraction of sp³-hybridized carbons (Fsp3) is 0.696. The van der Waals surface area contributed by atoms with Gasteiger partial charge in [-0.05, 0) is 55.9 Å². The SMILES string of the molecule is CCC(C)(C)C(=O)NC(c1ccccc1)[C@H]1[C@H]2C[C@@H]3C[C@](Cl)(C2)C[C@@]1(O)C3. The van der Waals surface area contributed by atoms with Crippen molar-refractivity contribution in [1.29, 1.82) is 0 Å². The van der Waals surface area contributed by atoms with E-state index in [9.17, 15) is 9.90 Å². The molecule has 0 radical (unpaired) electrons. The molecule has 1 amide bonds. The van der Waals surface area contributed by atoms with Crippen LogP contribution in [0.15, 0.2) is 30.3 Å². The van der Waals surface area contributed by atoms with Gasteiger partial charge in [0.25, 0.3) is 0 Å². The van der Waals surface area contributed by atoms with Crippen LogP contribution in [-0.2, 0) is 4.79 Å². The van der Waals surface area contributed by atoms with Gasteiger partial charge in [-0.3, -0.25) is 4.79 Å². The van der Waals surface area contributed by atoms with Gasteiger partial charge >= 0.3 is 0 Å². The van der Waals surface area contributed by atoms with Crippen molar-refractivity contribution in [3.63, 3.8) is 0 Å². The Balaban J connectivity index is 1.70. The van der Waals surface area contributed by atoms with Crippen LogP contribution in [0, 0.1) is 23.2 Å². The zero-order valence-corrected chi connectivity index (χ0v) is 17.4. The molecule has 148 valence electrons. The average Bonchev–Trinajstić information content (AvgIpc) is 2.58. The molecule has 3 nitrogen and oxygen atoms in total. The second-order valence-corrected chi connectivity index (χ2v) is 10.8. The van der Waals surface area contributed by atoms with E-state index in [0.29, 0.717) is 18.3 Å². The molecule has 4 bridgehead atoms. The number of rotatable bonds is 5. The summed E-state index contributed by atoms with van der Waals surface area (Å²) in [7, 11) is 0. The lowest BCUT2D eigenvalue weighted by Gasteiger charge is -2.63. The fourth-order valence-corrected chi connectivity index (χ4v) is 6.82. The van der Waals surface area contributed by atoms with E-state index in [1.807, 2.05) is 39.0 Å². The summed E-state index contributed by atoms with van der Waals surface area (Å²) in [6.45, 7) is 6.03. The van der Waals surface area contributed by atoms with E-state index in [0.717, 1.165) is 37.7 Å². The number of carbonyl (C=O) groups is 1. The Hall–Kier alpha value is -1.06. The minimum atomic E-state index is -0.782. The van der Waals surface area contributed by atoms with Gasteiger partial charge in [-0.15, -0.1) is 11.6 Å². The van der Waals surface area contributed by atoms with Crippen LogP contribution < -0.4 is 5.32 Å². The molecule has 0 aliphatic heterocycles. The predicted octanol–water partition coefficient (Wildman–Crippen LogP) is 4.83. The molecule has 4 saturated carbocycles. The van der Waals surface area contributed by atoms with Crippen molar-refractivity contribution in [2.24, 2.45) is 23.2 Å². The summed E-state index contributed by atoms with van der Waals surface area (Å²) in [4.78, 5) is 12.8. The Labute approximate surface area is 167 Å². The Bertz CT molecular complexity index is 720. The van der Waals surface area contributed by atoms with E-state index in [4.69, 9.17) is 11.6 Å². The summed E-state index contributed by atoms with van der Waals surface area (Å²) in [6.07, 6.45) is 5.36. The summed E-state index contributed by atoms with van der Waals surface area (Å²) in [6, 6.07) is 10.0. The zero-order valence-electron chi connectivity index (χ0n) is 16.7. The predicted molar refractivity (Wildman–Crippen MR) is 108 cm³/mol. The summed E-state index contributed by atoms with van der Waals surface area (Å²) in [5.74, 6) is 0.983. The lowest BCUT2D eigenvalue weighted by atomic mass is 9.47. The monoisotopic (exact) mass is 389 g/mol. The molecule has 0 heterocycles. The largest absolute Gasteiger partial charge is 0.389 e. The first-order chi connectivity index (χ1) is 12.7. The maximum atomic E-state index is 13.1. The first kappa shape index (κ1) is 19.3. The third kappa shape index (κ3) is 3.31. The molecule has 2 N–H and O–H groups in total. The summed E-state index contributed by atoms with van der Waals surface area (Å²) < 4.78 is 0. The number of carbonyl (C=O) groups excluding carboxylic acids is 1. The van der Waals surface area contributed by atoms with Gasteiger partial charge in [0.15, 0.2) is 0 Å². The number of amides is 1. The number of alkyl halides is 1. The number of hydrogen-bond acceptors (Lipinski definition) is 2. The highest BCUT2D eigenvalue weighted by Crippen LogP contribution is 2.64. The highest BCUT2D eigenvalue weighted by Gasteiger charge is 2.63. The molecule has 27 heavy (non-hydrogen) atoms. The summed E-state index contributed by atoms with van der Waals surface area (Å²) >= 11 is 6.89. The van der Waals surface area contributed by atoms with Crippen molar-refractivity contribution in [3.05, 3.63) is 35.9 Å². The summed E-state index contributed by atoms with van der Waals surface area (Å²) in [5.41, 5.74) is -0.113. The molecular weight excluding hydrogens is 358 g/mol. The number of benzene rings is 1. The molecule has 4 fully saturated rings. The first-order valence-electron chi connectivity index (χ1n) is 10.4. The van der Waals surface area contributed by atoms with Gasteiger partial charge in [-0.2, -0.15) is 0 Å². The number of halogens is 1. The molecule has 0 spiro atoms. The molecule has 4 aliphatic carbocycles. The van der Waals surface area contributed by atoms with E-state index in [2.05, 4.69) is 17.4 Å². The van der Waals surface area contributed by atoms with Crippen LogP contribution in [0.2, 0.25) is 0 Å². The van der Waals surface area contributed by atoms with Crippen molar-refractivity contribution in [3.8, 4) is 0 Å². The molecule has 4 aliphatic rings. The van der Waals surface area contributed by atoms with Gasteiger partial charge < -0.3 is 10.4 Å². The van der Waals surface area contributed by atoms with Gasteiger partial charge in [-0.25, -0.2) is 0 Å². The molecule has 0 saturated heterocycles. The highest BCUT2D eigenvalue weighted by molar-refractivity contribution is 6.24. The molecule has 4 heteroatoms. The van der Waals surface area contributed by atoms with Gasteiger partial charge in [0.1, 0.15) is 0 Å². The van der Waals surface area contributed by atoms with E-state index in [-0.39, 0.29) is 22.7 Å².